The number of nitrogens with two attached hydrogens (primary N) is 1. The smallest absolute Gasteiger partial charge is 0.131 e. The second-order valence-corrected chi connectivity index (χ2v) is 3.57. The lowest BCUT2D eigenvalue weighted by atomic mass is 10.1. The van der Waals surface area contributed by atoms with Crippen molar-refractivity contribution in [2.45, 2.75) is 19.9 Å². The molecule has 0 saturated heterocycles. The zero-order valence-electron chi connectivity index (χ0n) is 9.13. The molecule has 0 fully saturated rings. The zero-order chi connectivity index (χ0) is 10.8. The summed E-state index contributed by atoms with van der Waals surface area (Å²) in [6.07, 6.45) is 0.974. The fraction of sp³-hybridized carbons (Fsp3) is 0.333. The molecule has 1 aromatic heterocycles. The molecule has 0 radical (unpaired) electrons. The molecule has 0 aliphatic rings. The molecule has 0 spiro atoms. The van der Waals surface area contributed by atoms with Crippen molar-refractivity contribution in [3.63, 3.8) is 0 Å². The number of benzene rings is 1. The Morgan fingerprint density at radius 2 is 2.20 bits per heavy atom. The minimum atomic E-state index is 0.527. The molecule has 1 aromatic carbocycles. The monoisotopic (exact) mass is 204 g/mol. The van der Waals surface area contributed by atoms with Crippen LogP contribution < -0.4 is 10.5 Å². The highest BCUT2D eigenvalue weighted by molar-refractivity contribution is 5.88. The van der Waals surface area contributed by atoms with Gasteiger partial charge >= 0.3 is 0 Å². The second-order valence-electron chi connectivity index (χ2n) is 3.57. The summed E-state index contributed by atoms with van der Waals surface area (Å²) in [5.74, 6) is 0.964. The van der Waals surface area contributed by atoms with Crippen molar-refractivity contribution in [2.24, 2.45) is 5.73 Å². The Balaban J connectivity index is 2.69. The fourth-order valence-electron chi connectivity index (χ4n) is 1.91. The van der Waals surface area contributed by atoms with E-state index in [-0.39, 0.29) is 0 Å². The average Bonchev–Trinajstić information content (AvgIpc) is 2.70. The van der Waals surface area contributed by atoms with Crippen molar-refractivity contribution in [3.8, 4) is 5.75 Å². The van der Waals surface area contributed by atoms with Gasteiger partial charge in [-0.15, -0.1) is 0 Å². The second kappa shape index (κ2) is 3.95. The first-order valence-electron chi connectivity index (χ1n) is 5.17. The molecular formula is C12H16N2O. The van der Waals surface area contributed by atoms with Crippen molar-refractivity contribution in [1.82, 2.24) is 4.98 Å². The van der Waals surface area contributed by atoms with Gasteiger partial charge < -0.3 is 15.5 Å². The molecule has 3 nitrogen and oxygen atoms in total. The van der Waals surface area contributed by atoms with Gasteiger partial charge in [0.25, 0.3) is 0 Å². The molecule has 1 heterocycles. The van der Waals surface area contributed by atoms with Crippen molar-refractivity contribution in [2.75, 3.05) is 7.11 Å². The number of aryl methyl sites for hydroxylation is 1. The Labute approximate surface area is 89.2 Å². The third-order valence-corrected chi connectivity index (χ3v) is 2.70. The number of rotatable bonds is 3. The van der Waals surface area contributed by atoms with Crippen LogP contribution >= 0.6 is 0 Å². The van der Waals surface area contributed by atoms with Crippen LogP contribution in [0.15, 0.2) is 18.2 Å². The normalized spacial score (nSPS) is 10.9. The Morgan fingerprint density at radius 1 is 1.40 bits per heavy atom. The molecule has 0 aliphatic carbocycles. The van der Waals surface area contributed by atoms with Crippen LogP contribution in [0.1, 0.15) is 18.2 Å². The maximum absolute atomic E-state index is 5.60. The van der Waals surface area contributed by atoms with Gasteiger partial charge in [0.15, 0.2) is 0 Å². The summed E-state index contributed by atoms with van der Waals surface area (Å²) in [5, 5.41) is 1.12. The fourth-order valence-corrected chi connectivity index (χ4v) is 1.91. The van der Waals surface area contributed by atoms with Crippen LogP contribution in [0.3, 0.4) is 0 Å². The van der Waals surface area contributed by atoms with Crippen molar-refractivity contribution in [1.29, 1.82) is 0 Å². The van der Waals surface area contributed by atoms with Crippen molar-refractivity contribution >= 4 is 10.9 Å². The maximum Gasteiger partial charge on any atom is 0.131 e. The van der Waals surface area contributed by atoms with E-state index >= 15 is 0 Å². The number of nitrogens with one attached hydrogen (secondary N) is 1. The Morgan fingerprint density at radius 3 is 2.80 bits per heavy atom. The summed E-state index contributed by atoms with van der Waals surface area (Å²) < 4.78 is 5.45. The van der Waals surface area contributed by atoms with E-state index in [1.807, 2.05) is 0 Å². The largest absolute Gasteiger partial charge is 0.496 e. The number of hydrogen-bond acceptors (Lipinski definition) is 2. The van der Waals surface area contributed by atoms with E-state index in [4.69, 9.17) is 10.5 Å². The van der Waals surface area contributed by atoms with Gasteiger partial charge in [-0.1, -0.05) is 13.0 Å². The van der Waals surface area contributed by atoms with Crippen LogP contribution in [0.25, 0.3) is 10.9 Å². The van der Waals surface area contributed by atoms with Gasteiger partial charge in [-0.3, -0.25) is 0 Å². The van der Waals surface area contributed by atoms with Gasteiger partial charge in [-0.2, -0.15) is 0 Å². The first-order valence-corrected chi connectivity index (χ1v) is 5.17. The number of methoxy groups -OCH3 is 1. The minimum Gasteiger partial charge on any atom is -0.496 e. The molecule has 0 atom stereocenters. The number of aromatic nitrogens is 1. The summed E-state index contributed by atoms with van der Waals surface area (Å²) in [5.41, 5.74) is 8.96. The van der Waals surface area contributed by atoms with E-state index < -0.39 is 0 Å². The highest BCUT2D eigenvalue weighted by atomic mass is 16.5. The van der Waals surface area contributed by atoms with Gasteiger partial charge in [0.2, 0.25) is 0 Å². The molecule has 0 saturated carbocycles. The van der Waals surface area contributed by atoms with E-state index in [1.165, 1.54) is 5.56 Å². The molecule has 15 heavy (non-hydrogen) atoms. The van der Waals surface area contributed by atoms with Crippen LogP contribution in [0.4, 0.5) is 0 Å². The van der Waals surface area contributed by atoms with E-state index in [1.54, 1.807) is 7.11 Å². The quantitative estimate of drug-likeness (QED) is 0.805. The number of H-pyrrole nitrogens is 1. The van der Waals surface area contributed by atoms with Gasteiger partial charge in [-0.05, 0) is 24.1 Å². The topological polar surface area (TPSA) is 51.0 Å². The summed E-state index contributed by atoms with van der Waals surface area (Å²) in [6.45, 7) is 2.65. The number of fused-ring (bicyclic) bond motifs is 1. The number of hydrogen-bond donors (Lipinski definition) is 2. The van der Waals surface area contributed by atoms with E-state index in [2.05, 4.69) is 30.1 Å². The van der Waals surface area contributed by atoms with Gasteiger partial charge in [-0.25, -0.2) is 0 Å². The molecule has 0 amide bonds. The molecule has 0 bridgehead atoms. The minimum absolute atomic E-state index is 0.527. The van der Waals surface area contributed by atoms with Gasteiger partial charge in [0.1, 0.15) is 5.75 Å². The van der Waals surface area contributed by atoms with Gasteiger partial charge in [0.05, 0.1) is 7.11 Å². The van der Waals surface area contributed by atoms with E-state index in [0.29, 0.717) is 6.54 Å². The highest BCUT2D eigenvalue weighted by Gasteiger charge is 2.09. The molecular weight excluding hydrogens is 188 g/mol. The summed E-state index contributed by atoms with van der Waals surface area (Å²) in [7, 11) is 1.71. The lowest BCUT2D eigenvalue weighted by Crippen LogP contribution is -1.94. The Bertz CT molecular complexity index is 474. The lowest BCUT2D eigenvalue weighted by Gasteiger charge is -2.07. The van der Waals surface area contributed by atoms with Crippen LogP contribution in [0.5, 0.6) is 5.75 Å². The van der Waals surface area contributed by atoms with Gasteiger partial charge in [0, 0.05) is 23.1 Å². The van der Waals surface area contributed by atoms with Crippen LogP contribution in [0.2, 0.25) is 0 Å². The Kier molecular flexibility index (Phi) is 2.64. The first kappa shape index (κ1) is 10.1. The number of ether oxygens (including phenoxy) is 1. The standard InChI is InChI=1S/C12H16N2O/c1-3-8-4-5-11-10(12(8)15-2)6-9(7-13)14-11/h4-6,14H,3,7,13H2,1-2H3. The SMILES string of the molecule is CCc1ccc2[nH]c(CN)cc2c1OC. The number of aromatic amines is 1. The van der Waals surface area contributed by atoms with E-state index in [0.717, 1.165) is 28.8 Å². The average molecular weight is 204 g/mol. The molecule has 0 unspecified atom stereocenters. The van der Waals surface area contributed by atoms with E-state index in [9.17, 15) is 0 Å². The van der Waals surface area contributed by atoms with Crippen LogP contribution in [-0.4, -0.2) is 12.1 Å². The summed E-state index contributed by atoms with van der Waals surface area (Å²) >= 11 is 0. The van der Waals surface area contributed by atoms with Crippen LogP contribution in [0, 0.1) is 0 Å². The molecule has 2 aromatic rings. The van der Waals surface area contributed by atoms with Crippen LogP contribution in [-0.2, 0) is 13.0 Å². The molecule has 0 aliphatic heterocycles. The summed E-state index contributed by atoms with van der Waals surface area (Å²) in [4.78, 5) is 3.27. The highest BCUT2D eigenvalue weighted by Crippen LogP contribution is 2.30. The molecule has 2 rings (SSSR count). The predicted molar refractivity (Wildman–Crippen MR) is 62.1 cm³/mol. The maximum atomic E-state index is 5.60. The Hall–Kier alpha value is -1.48. The third kappa shape index (κ3) is 1.59. The van der Waals surface area contributed by atoms with Crippen molar-refractivity contribution in [3.05, 3.63) is 29.5 Å². The molecule has 80 valence electrons. The molecule has 3 heteroatoms. The zero-order valence-corrected chi connectivity index (χ0v) is 9.13. The lowest BCUT2D eigenvalue weighted by molar-refractivity contribution is 0.415. The first-order chi connectivity index (χ1) is 7.30. The molecule has 3 N–H and O–H groups in total. The third-order valence-electron chi connectivity index (χ3n) is 2.70. The summed E-state index contributed by atoms with van der Waals surface area (Å²) in [6, 6.07) is 6.24. The predicted octanol–water partition coefficient (Wildman–Crippen LogP) is 2.20. The van der Waals surface area contributed by atoms with Crippen molar-refractivity contribution < 1.29 is 4.74 Å².